The highest BCUT2D eigenvalue weighted by Crippen LogP contribution is 2.33. The second kappa shape index (κ2) is 7.91. The van der Waals surface area contributed by atoms with E-state index in [0.717, 1.165) is 33.4 Å². The van der Waals surface area contributed by atoms with Crippen LogP contribution < -0.4 is 14.8 Å². The van der Waals surface area contributed by atoms with Gasteiger partial charge < -0.3 is 19.8 Å². The van der Waals surface area contributed by atoms with Crippen LogP contribution in [0.1, 0.15) is 21.5 Å². The third kappa shape index (κ3) is 3.59. The van der Waals surface area contributed by atoms with E-state index in [1.807, 2.05) is 68.4 Å². The molecule has 0 atom stereocenters. The highest BCUT2D eigenvalue weighted by atomic mass is 16.5. The van der Waals surface area contributed by atoms with Crippen LogP contribution in [0.5, 0.6) is 11.5 Å². The molecule has 4 aromatic rings. The number of hydrogen-bond donors (Lipinski definition) is 2. The zero-order chi connectivity index (χ0) is 21.3. The minimum atomic E-state index is -0.132. The van der Waals surface area contributed by atoms with Crippen molar-refractivity contribution in [3.63, 3.8) is 0 Å². The molecule has 0 bridgehead atoms. The number of rotatable bonds is 5. The van der Waals surface area contributed by atoms with E-state index in [-0.39, 0.29) is 5.91 Å². The number of carbonyl (C=O) groups excluding carboxylic acids is 1. The Balaban J connectivity index is 1.69. The maximum absolute atomic E-state index is 12.8. The number of benzene rings is 3. The van der Waals surface area contributed by atoms with Crippen molar-refractivity contribution in [3.05, 3.63) is 71.3 Å². The van der Waals surface area contributed by atoms with Gasteiger partial charge in [-0.15, -0.1) is 0 Å². The Morgan fingerprint density at radius 1 is 0.933 bits per heavy atom. The fraction of sp³-hybridized carbons (Fsp3) is 0.167. The summed E-state index contributed by atoms with van der Waals surface area (Å²) in [4.78, 5) is 20.8. The molecule has 0 unspecified atom stereocenters. The fourth-order valence-corrected chi connectivity index (χ4v) is 3.39. The Morgan fingerprint density at radius 2 is 1.67 bits per heavy atom. The number of H-pyrrole nitrogens is 1. The van der Waals surface area contributed by atoms with Gasteiger partial charge in [0.15, 0.2) is 11.5 Å². The van der Waals surface area contributed by atoms with Gasteiger partial charge in [-0.05, 0) is 37.1 Å². The molecular formula is C24H23N3O3. The summed E-state index contributed by atoms with van der Waals surface area (Å²) in [5.74, 6) is 1.83. The number of aromatic amines is 1. The molecule has 0 saturated carbocycles. The quantitative estimate of drug-likeness (QED) is 0.487. The Labute approximate surface area is 174 Å². The molecule has 30 heavy (non-hydrogen) atoms. The Hall–Kier alpha value is -3.80. The maximum Gasteiger partial charge on any atom is 0.255 e. The van der Waals surface area contributed by atoms with Crippen molar-refractivity contribution in [3.8, 4) is 22.9 Å². The minimum absolute atomic E-state index is 0.132. The molecule has 0 aliphatic carbocycles. The summed E-state index contributed by atoms with van der Waals surface area (Å²) >= 11 is 0. The predicted molar refractivity (Wildman–Crippen MR) is 119 cm³/mol. The largest absolute Gasteiger partial charge is 0.493 e. The van der Waals surface area contributed by atoms with E-state index in [0.29, 0.717) is 22.9 Å². The van der Waals surface area contributed by atoms with E-state index in [9.17, 15) is 4.79 Å². The smallest absolute Gasteiger partial charge is 0.255 e. The van der Waals surface area contributed by atoms with Crippen LogP contribution in [0.15, 0.2) is 54.6 Å². The number of ether oxygens (including phenoxy) is 2. The fourth-order valence-electron chi connectivity index (χ4n) is 3.39. The number of fused-ring (bicyclic) bond motifs is 1. The molecule has 0 radical (unpaired) electrons. The van der Waals surface area contributed by atoms with Crippen LogP contribution in [0.3, 0.4) is 0 Å². The highest BCUT2D eigenvalue weighted by molar-refractivity contribution is 6.05. The molecule has 6 nitrogen and oxygen atoms in total. The first kappa shape index (κ1) is 19.5. The average molecular weight is 401 g/mol. The van der Waals surface area contributed by atoms with Gasteiger partial charge in [0.05, 0.1) is 25.3 Å². The van der Waals surface area contributed by atoms with E-state index >= 15 is 0 Å². The van der Waals surface area contributed by atoms with Crippen molar-refractivity contribution < 1.29 is 14.3 Å². The third-order valence-corrected chi connectivity index (χ3v) is 5.14. The molecule has 0 aliphatic heterocycles. The summed E-state index contributed by atoms with van der Waals surface area (Å²) in [6.07, 6.45) is 0. The van der Waals surface area contributed by atoms with Crippen LogP contribution >= 0.6 is 0 Å². The Kier molecular flexibility index (Phi) is 5.14. The number of anilines is 1. The van der Waals surface area contributed by atoms with Crippen LogP contribution in [0.2, 0.25) is 0 Å². The number of aromatic nitrogens is 2. The van der Waals surface area contributed by atoms with Crippen LogP contribution in [-0.2, 0) is 0 Å². The third-order valence-electron chi connectivity index (χ3n) is 5.14. The Morgan fingerprint density at radius 3 is 2.40 bits per heavy atom. The van der Waals surface area contributed by atoms with Crippen molar-refractivity contribution >= 4 is 22.6 Å². The van der Waals surface area contributed by atoms with Gasteiger partial charge >= 0.3 is 0 Å². The number of nitrogens with zero attached hydrogens (tertiary/aromatic N) is 1. The standard InChI is InChI=1S/C24H23N3O3/c1-14-7-5-6-8-17(14)24(28)27-18-11-16(10-9-15(18)2)23-25-19-12-21(29-3)22(30-4)13-20(19)26-23/h5-13H,1-4H3,(H,25,26)(H,27,28). The van der Waals surface area contributed by atoms with Crippen molar-refractivity contribution in [1.29, 1.82) is 0 Å². The number of nitrogens with one attached hydrogen (secondary N) is 2. The number of imidazole rings is 1. The molecule has 1 heterocycles. The van der Waals surface area contributed by atoms with Gasteiger partial charge in [0.2, 0.25) is 0 Å². The van der Waals surface area contributed by atoms with Gasteiger partial charge in [0.25, 0.3) is 5.91 Å². The van der Waals surface area contributed by atoms with Crippen LogP contribution in [0.25, 0.3) is 22.4 Å². The number of methoxy groups -OCH3 is 2. The molecule has 1 aromatic heterocycles. The molecular weight excluding hydrogens is 378 g/mol. The van der Waals surface area contributed by atoms with Crippen molar-refractivity contribution in [1.82, 2.24) is 9.97 Å². The number of hydrogen-bond acceptors (Lipinski definition) is 4. The van der Waals surface area contributed by atoms with E-state index in [1.54, 1.807) is 14.2 Å². The molecule has 1 amide bonds. The first-order valence-electron chi connectivity index (χ1n) is 9.60. The van der Waals surface area contributed by atoms with Gasteiger partial charge in [-0.2, -0.15) is 0 Å². The lowest BCUT2D eigenvalue weighted by molar-refractivity contribution is 0.102. The molecule has 4 rings (SSSR count). The van der Waals surface area contributed by atoms with Gasteiger partial charge in [0, 0.05) is 28.9 Å². The second-order valence-electron chi connectivity index (χ2n) is 7.11. The zero-order valence-electron chi connectivity index (χ0n) is 17.4. The maximum atomic E-state index is 12.8. The highest BCUT2D eigenvalue weighted by Gasteiger charge is 2.14. The van der Waals surface area contributed by atoms with E-state index < -0.39 is 0 Å². The lowest BCUT2D eigenvalue weighted by atomic mass is 10.1. The zero-order valence-corrected chi connectivity index (χ0v) is 17.4. The van der Waals surface area contributed by atoms with Crippen molar-refractivity contribution in [2.45, 2.75) is 13.8 Å². The Bertz CT molecular complexity index is 1200. The second-order valence-corrected chi connectivity index (χ2v) is 7.11. The monoisotopic (exact) mass is 401 g/mol. The van der Waals surface area contributed by atoms with Crippen LogP contribution in [-0.4, -0.2) is 30.1 Å². The van der Waals surface area contributed by atoms with E-state index in [4.69, 9.17) is 9.47 Å². The lowest BCUT2D eigenvalue weighted by Gasteiger charge is -2.11. The normalized spacial score (nSPS) is 10.8. The molecule has 3 aromatic carbocycles. The van der Waals surface area contributed by atoms with Gasteiger partial charge in [0.1, 0.15) is 5.82 Å². The molecule has 0 fully saturated rings. The van der Waals surface area contributed by atoms with Gasteiger partial charge in [-0.25, -0.2) is 4.98 Å². The summed E-state index contributed by atoms with van der Waals surface area (Å²) in [6, 6.07) is 17.1. The summed E-state index contributed by atoms with van der Waals surface area (Å²) in [6.45, 7) is 3.89. The van der Waals surface area contributed by atoms with Gasteiger partial charge in [-0.3, -0.25) is 4.79 Å². The van der Waals surface area contributed by atoms with Gasteiger partial charge in [-0.1, -0.05) is 30.3 Å². The predicted octanol–water partition coefficient (Wildman–Crippen LogP) is 5.12. The van der Waals surface area contributed by atoms with E-state index in [2.05, 4.69) is 15.3 Å². The summed E-state index contributed by atoms with van der Waals surface area (Å²) in [5, 5.41) is 3.03. The molecule has 152 valence electrons. The summed E-state index contributed by atoms with van der Waals surface area (Å²) in [7, 11) is 3.20. The van der Waals surface area contributed by atoms with E-state index in [1.165, 1.54) is 0 Å². The first-order valence-corrected chi connectivity index (χ1v) is 9.60. The van der Waals surface area contributed by atoms with Crippen molar-refractivity contribution in [2.75, 3.05) is 19.5 Å². The molecule has 6 heteroatoms. The molecule has 0 aliphatic rings. The first-order chi connectivity index (χ1) is 14.5. The molecule has 0 spiro atoms. The SMILES string of the molecule is COc1cc2nc(-c3ccc(C)c(NC(=O)c4ccccc4C)c3)[nH]c2cc1OC. The number of carbonyl (C=O) groups is 1. The summed E-state index contributed by atoms with van der Waals surface area (Å²) in [5.41, 5.74) is 5.79. The number of aryl methyl sites for hydroxylation is 2. The lowest BCUT2D eigenvalue weighted by Crippen LogP contribution is -2.14. The number of amides is 1. The average Bonchev–Trinajstić information content (AvgIpc) is 3.17. The van der Waals surface area contributed by atoms with Crippen LogP contribution in [0, 0.1) is 13.8 Å². The van der Waals surface area contributed by atoms with Crippen LogP contribution in [0.4, 0.5) is 5.69 Å². The molecule has 0 saturated heterocycles. The van der Waals surface area contributed by atoms with Crippen molar-refractivity contribution in [2.24, 2.45) is 0 Å². The molecule has 2 N–H and O–H groups in total. The topological polar surface area (TPSA) is 76.2 Å². The summed E-state index contributed by atoms with van der Waals surface area (Å²) < 4.78 is 10.7. The minimum Gasteiger partial charge on any atom is -0.493 e.